The van der Waals surface area contributed by atoms with E-state index in [0.29, 0.717) is 5.00 Å². The largest absolute Gasteiger partial charge is 0.464 e. The lowest BCUT2D eigenvalue weighted by Crippen LogP contribution is -2.04. The van der Waals surface area contributed by atoms with Crippen LogP contribution < -0.4 is 5.73 Å². The summed E-state index contributed by atoms with van der Waals surface area (Å²) in [5.41, 5.74) is 7.30. The van der Waals surface area contributed by atoms with Crippen molar-refractivity contribution < 1.29 is 9.53 Å². The zero-order valence-electron chi connectivity index (χ0n) is 10.8. The van der Waals surface area contributed by atoms with Crippen molar-refractivity contribution in [2.75, 3.05) is 12.8 Å². The lowest BCUT2D eigenvalue weighted by molar-refractivity contribution is 0.0596. The van der Waals surface area contributed by atoms with Crippen LogP contribution in [-0.4, -0.2) is 18.1 Å². The van der Waals surface area contributed by atoms with Crippen molar-refractivity contribution in [3.05, 3.63) is 46.6 Å². The van der Waals surface area contributed by atoms with Gasteiger partial charge in [-0.15, -0.1) is 11.3 Å². The number of thiazole rings is 1. The number of ether oxygens (including phenoxy) is 1. The van der Waals surface area contributed by atoms with E-state index >= 15 is 0 Å². The third kappa shape index (κ3) is 3.54. The molecule has 0 amide bonds. The van der Waals surface area contributed by atoms with E-state index in [2.05, 4.69) is 21.9 Å². The Labute approximate surface area is 116 Å². The fourth-order valence-corrected chi connectivity index (χ4v) is 2.68. The second kappa shape index (κ2) is 6.33. The van der Waals surface area contributed by atoms with Crippen LogP contribution in [0.15, 0.2) is 30.3 Å². The third-order valence-corrected chi connectivity index (χ3v) is 3.72. The van der Waals surface area contributed by atoms with Gasteiger partial charge < -0.3 is 10.5 Å². The summed E-state index contributed by atoms with van der Waals surface area (Å²) in [6.07, 6.45) is 2.80. The smallest absolute Gasteiger partial charge is 0.359 e. The van der Waals surface area contributed by atoms with Crippen LogP contribution in [0, 0.1) is 0 Å². The Morgan fingerprint density at radius 1 is 1.32 bits per heavy atom. The molecule has 0 bridgehead atoms. The normalized spacial score (nSPS) is 10.4. The fourth-order valence-electron chi connectivity index (χ4n) is 1.82. The molecule has 0 radical (unpaired) electrons. The van der Waals surface area contributed by atoms with E-state index in [1.807, 2.05) is 18.2 Å². The molecule has 1 aromatic carbocycles. The van der Waals surface area contributed by atoms with Gasteiger partial charge in [-0.2, -0.15) is 0 Å². The molecule has 4 nitrogen and oxygen atoms in total. The molecule has 1 heterocycles. The van der Waals surface area contributed by atoms with E-state index in [1.165, 1.54) is 24.0 Å². The first-order chi connectivity index (χ1) is 9.20. The highest BCUT2D eigenvalue weighted by Gasteiger charge is 2.16. The van der Waals surface area contributed by atoms with Crippen LogP contribution in [0.1, 0.15) is 27.5 Å². The molecule has 0 fully saturated rings. The van der Waals surface area contributed by atoms with Gasteiger partial charge in [0, 0.05) is 0 Å². The second-order valence-corrected chi connectivity index (χ2v) is 5.27. The number of methoxy groups -OCH3 is 1. The molecular weight excluding hydrogens is 260 g/mol. The topological polar surface area (TPSA) is 65.2 Å². The molecule has 0 aliphatic carbocycles. The Hall–Kier alpha value is -1.88. The maximum atomic E-state index is 11.4. The van der Waals surface area contributed by atoms with Gasteiger partial charge in [0.15, 0.2) is 5.69 Å². The van der Waals surface area contributed by atoms with Gasteiger partial charge in [0.2, 0.25) is 0 Å². The summed E-state index contributed by atoms with van der Waals surface area (Å²) in [6.45, 7) is 0. The first kappa shape index (κ1) is 13.5. The average Bonchev–Trinajstić information content (AvgIpc) is 2.80. The van der Waals surface area contributed by atoms with Crippen molar-refractivity contribution in [2.45, 2.75) is 19.3 Å². The predicted molar refractivity (Wildman–Crippen MR) is 76.3 cm³/mol. The minimum Gasteiger partial charge on any atom is -0.464 e. The SMILES string of the molecule is COC(=O)c1nc(CCCc2ccccc2)sc1N. The third-order valence-electron chi connectivity index (χ3n) is 2.78. The van der Waals surface area contributed by atoms with Crippen LogP contribution in [0.2, 0.25) is 0 Å². The van der Waals surface area contributed by atoms with Crippen LogP contribution in [0.3, 0.4) is 0 Å². The number of hydrogen-bond acceptors (Lipinski definition) is 5. The van der Waals surface area contributed by atoms with Crippen LogP contribution in [0.5, 0.6) is 0 Å². The van der Waals surface area contributed by atoms with Crippen molar-refractivity contribution in [3.63, 3.8) is 0 Å². The zero-order chi connectivity index (χ0) is 13.7. The maximum Gasteiger partial charge on any atom is 0.359 e. The molecule has 19 heavy (non-hydrogen) atoms. The van der Waals surface area contributed by atoms with Crippen LogP contribution in [0.25, 0.3) is 0 Å². The Bertz CT molecular complexity index is 552. The Morgan fingerprint density at radius 2 is 2.05 bits per heavy atom. The van der Waals surface area contributed by atoms with E-state index in [4.69, 9.17) is 5.73 Å². The van der Waals surface area contributed by atoms with Gasteiger partial charge in [-0.3, -0.25) is 0 Å². The zero-order valence-corrected chi connectivity index (χ0v) is 11.6. The van der Waals surface area contributed by atoms with E-state index < -0.39 is 5.97 Å². The van der Waals surface area contributed by atoms with Crippen LogP contribution >= 0.6 is 11.3 Å². The molecule has 0 aliphatic rings. The molecule has 5 heteroatoms. The Balaban J connectivity index is 1.92. The molecule has 2 aromatic rings. The Kier molecular flexibility index (Phi) is 4.52. The van der Waals surface area contributed by atoms with Crippen molar-refractivity contribution in [1.29, 1.82) is 0 Å². The minimum atomic E-state index is -0.469. The summed E-state index contributed by atoms with van der Waals surface area (Å²) in [5.74, 6) is -0.469. The number of carbonyl (C=O) groups is 1. The van der Waals surface area contributed by atoms with Crippen molar-refractivity contribution in [1.82, 2.24) is 4.98 Å². The number of anilines is 1. The standard InChI is InChI=1S/C14H16N2O2S/c1-18-14(17)12-13(15)19-11(16-12)9-5-8-10-6-3-2-4-7-10/h2-4,6-7H,5,8-9,15H2,1H3. The summed E-state index contributed by atoms with van der Waals surface area (Å²) < 4.78 is 4.63. The number of esters is 1. The lowest BCUT2D eigenvalue weighted by atomic mass is 10.1. The van der Waals surface area contributed by atoms with Gasteiger partial charge >= 0.3 is 5.97 Å². The van der Waals surface area contributed by atoms with Crippen molar-refractivity contribution in [2.24, 2.45) is 0 Å². The first-order valence-electron chi connectivity index (χ1n) is 6.08. The van der Waals surface area contributed by atoms with Crippen molar-refractivity contribution in [3.8, 4) is 0 Å². The van der Waals surface area contributed by atoms with Gasteiger partial charge in [-0.25, -0.2) is 9.78 Å². The lowest BCUT2D eigenvalue weighted by Gasteiger charge is -1.99. The number of hydrogen-bond donors (Lipinski definition) is 1. The molecule has 0 atom stereocenters. The molecule has 2 N–H and O–H groups in total. The van der Waals surface area contributed by atoms with Gasteiger partial charge in [0.1, 0.15) is 5.00 Å². The van der Waals surface area contributed by atoms with Crippen LogP contribution in [0.4, 0.5) is 5.00 Å². The van der Waals surface area contributed by atoms with Gasteiger partial charge in [0.05, 0.1) is 12.1 Å². The minimum absolute atomic E-state index is 0.238. The number of nitrogens with zero attached hydrogens (tertiary/aromatic N) is 1. The van der Waals surface area contributed by atoms with E-state index in [1.54, 1.807) is 0 Å². The summed E-state index contributed by atoms with van der Waals surface area (Å²) >= 11 is 1.36. The second-order valence-electron chi connectivity index (χ2n) is 4.15. The molecule has 0 aliphatic heterocycles. The number of nitrogens with two attached hydrogens (primary N) is 1. The predicted octanol–water partition coefficient (Wildman–Crippen LogP) is 2.69. The quantitative estimate of drug-likeness (QED) is 0.853. The monoisotopic (exact) mass is 276 g/mol. The molecular formula is C14H16N2O2S. The van der Waals surface area contributed by atoms with Gasteiger partial charge in [-0.05, 0) is 24.8 Å². The molecule has 1 aromatic heterocycles. The number of aromatic nitrogens is 1. The van der Waals surface area contributed by atoms with E-state index in [0.717, 1.165) is 24.3 Å². The summed E-state index contributed by atoms with van der Waals surface area (Å²) in [7, 11) is 1.33. The molecule has 2 rings (SSSR count). The highest BCUT2D eigenvalue weighted by molar-refractivity contribution is 7.15. The molecule has 100 valence electrons. The van der Waals surface area contributed by atoms with Crippen LogP contribution in [-0.2, 0) is 17.6 Å². The number of nitrogen functional groups attached to an aromatic ring is 1. The van der Waals surface area contributed by atoms with Crippen molar-refractivity contribution >= 4 is 22.3 Å². The first-order valence-corrected chi connectivity index (χ1v) is 6.89. The van der Waals surface area contributed by atoms with Gasteiger partial charge in [-0.1, -0.05) is 30.3 Å². The molecule has 0 saturated heterocycles. The highest BCUT2D eigenvalue weighted by Crippen LogP contribution is 2.23. The average molecular weight is 276 g/mol. The molecule has 0 unspecified atom stereocenters. The summed E-state index contributed by atoms with van der Waals surface area (Å²) in [6, 6.07) is 10.3. The number of rotatable bonds is 5. The fraction of sp³-hybridized carbons (Fsp3) is 0.286. The van der Waals surface area contributed by atoms with E-state index in [-0.39, 0.29) is 5.69 Å². The van der Waals surface area contributed by atoms with E-state index in [9.17, 15) is 4.79 Å². The highest BCUT2D eigenvalue weighted by atomic mass is 32.1. The molecule has 0 spiro atoms. The molecule has 0 saturated carbocycles. The number of benzene rings is 1. The van der Waals surface area contributed by atoms with Gasteiger partial charge in [0.25, 0.3) is 0 Å². The summed E-state index contributed by atoms with van der Waals surface area (Å²) in [4.78, 5) is 15.6. The Morgan fingerprint density at radius 3 is 2.74 bits per heavy atom. The number of aryl methyl sites for hydroxylation is 2. The summed E-state index contributed by atoms with van der Waals surface area (Å²) in [5, 5.41) is 1.32. The maximum absolute atomic E-state index is 11.4. The number of carbonyl (C=O) groups excluding carboxylic acids is 1.